The van der Waals surface area contributed by atoms with Gasteiger partial charge in [0.2, 0.25) is 5.91 Å². The maximum Gasteiger partial charge on any atom is 0.234 e. The number of nitrogens with zero attached hydrogens (tertiary/aromatic N) is 3. The molecule has 0 unspecified atom stereocenters. The van der Waals surface area contributed by atoms with Gasteiger partial charge in [-0.05, 0) is 30.5 Å². The van der Waals surface area contributed by atoms with Crippen molar-refractivity contribution in [2.75, 3.05) is 11.1 Å². The Morgan fingerprint density at radius 2 is 2.16 bits per heavy atom. The molecule has 3 rings (SSSR count). The molecule has 0 saturated carbocycles. The van der Waals surface area contributed by atoms with Gasteiger partial charge in [-0.3, -0.25) is 4.79 Å². The molecule has 5 nitrogen and oxygen atoms in total. The van der Waals surface area contributed by atoms with Gasteiger partial charge in [0.05, 0.1) is 16.3 Å². The number of thiophene rings is 1. The third kappa shape index (κ3) is 4.05. The molecule has 2 heterocycles. The zero-order chi connectivity index (χ0) is 17.8. The molecule has 0 atom stereocenters. The average Bonchev–Trinajstić information content (AvgIpc) is 3.24. The number of thioether (sulfide) groups is 1. The second kappa shape index (κ2) is 7.75. The predicted molar refractivity (Wildman–Crippen MR) is 94.7 cm³/mol. The van der Waals surface area contributed by atoms with E-state index in [1.165, 1.54) is 17.8 Å². The highest BCUT2D eigenvalue weighted by molar-refractivity contribution is 7.99. The molecule has 1 aromatic carbocycles. The minimum Gasteiger partial charge on any atom is -0.323 e. The lowest BCUT2D eigenvalue weighted by Gasteiger charge is -2.07. The number of hydrogen-bond acceptors (Lipinski definition) is 5. The molecule has 2 aromatic heterocycles. The van der Waals surface area contributed by atoms with Crippen LogP contribution in [0.2, 0.25) is 0 Å². The monoisotopic (exact) mass is 380 g/mol. The van der Waals surface area contributed by atoms with Gasteiger partial charge in [0.25, 0.3) is 0 Å². The van der Waals surface area contributed by atoms with Crippen molar-refractivity contribution in [1.82, 2.24) is 14.8 Å². The van der Waals surface area contributed by atoms with Gasteiger partial charge in [0.1, 0.15) is 11.6 Å². The number of amides is 1. The lowest BCUT2D eigenvalue weighted by atomic mass is 10.3. The summed E-state index contributed by atoms with van der Waals surface area (Å²) < 4.78 is 28.4. The molecule has 0 saturated heterocycles. The average molecular weight is 380 g/mol. The first kappa shape index (κ1) is 17.6. The second-order valence-corrected chi connectivity index (χ2v) is 6.88. The molecule has 130 valence electrons. The van der Waals surface area contributed by atoms with Crippen molar-refractivity contribution in [3.63, 3.8) is 0 Å². The first-order valence-electron chi connectivity index (χ1n) is 7.43. The summed E-state index contributed by atoms with van der Waals surface area (Å²) in [5, 5.41) is 13.3. The number of carbonyl (C=O) groups excluding carboxylic acids is 1. The van der Waals surface area contributed by atoms with Gasteiger partial charge in [0, 0.05) is 12.6 Å². The van der Waals surface area contributed by atoms with Gasteiger partial charge in [-0.2, -0.15) is 0 Å². The van der Waals surface area contributed by atoms with Crippen LogP contribution in [0.25, 0.3) is 10.7 Å². The van der Waals surface area contributed by atoms with Crippen LogP contribution >= 0.6 is 23.1 Å². The topological polar surface area (TPSA) is 59.8 Å². The van der Waals surface area contributed by atoms with Crippen molar-refractivity contribution in [1.29, 1.82) is 0 Å². The number of benzene rings is 1. The Morgan fingerprint density at radius 1 is 1.32 bits per heavy atom. The summed E-state index contributed by atoms with van der Waals surface area (Å²) in [5.41, 5.74) is -0.0526. The Kier molecular flexibility index (Phi) is 5.44. The number of carbonyl (C=O) groups is 1. The highest BCUT2D eigenvalue weighted by Gasteiger charge is 2.15. The zero-order valence-electron chi connectivity index (χ0n) is 13.2. The van der Waals surface area contributed by atoms with E-state index in [0.29, 0.717) is 11.7 Å². The van der Waals surface area contributed by atoms with Crippen molar-refractivity contribution in [2.45, 2.75) is 18.6 Å². The fraction of sp³-hybridized carbons (Fsp3) is 0.188. The van der Waals surface area contributed by atoms with Gasteiger partial charge in [-0.15, -0.1) is 21.5 Å². The Hall–Kier alpha value is -2.26. The van der Waals surface area contributed by atoms with Crippen molar-refractivity contribution >= 4 is 34.7 Å². The molecule has 25 heavy (non-hydrogen) atoms. The number of rotatable bonds is 6. The molecule has 1 amide bonds. The standard InChI is InChI=1S/C16H14F2N4OS2/c1-2-22-15(13-4-3-7-24-13)20-21-16(22)25-9-14(23)19-12-6-5-10(17)8-11(12)18/h3-8H,2,9H2,1H3,(H,19,23). The van der Waals surface area contributed by atoms with Crippen molar-refractivity contribution in [2.24, 2.45) is 0 Å². The molecule has 0 spiro atoms. The molecule has 0 bridgehead atoms. The number of halogens is 2. The van der Waals surface area contributed by atoms with E-state index in [9.17, 15) is 13.6 Å². The third-order valence-electron chi connectivity index (χ3n) is 3.31. The first-order chi connectivity index (χ1) is 12.1. The van der Waals surface area contributed by atoms with Crippen molar-refractivity contribution in [3.8, 4) is 10.7 Å². The lowest BCUT2D eigenvalue weighted by Crippen LogP contribution is -2.15. The van der Waals surface area contributed by atoms with Crippen LogP contribution in [0, 0.1) is 11.6 Å². The molecular weight excluding hydrogens is 366 g/mol. The maximum absolute atomic E-state index is 13.6. The summed E-state index contributed by atoms with van der Waals surface area (Å²) in [6, 6.07) is 6.90. The minimum atomic E-state index is -0.810. The van der Waals surface area contributed by atoms with Crippen molar-refractivity contribution < 1.29 is 13.6 Å². The van der Waals surface area contributed by atoms with E-state index < -0.39 is 17.5 Å². The highest BCUT2D eigenvalue weighted by atomic mass is 32.2. The smallest absolute Gasteiger partial charge is 0.234 e. The first-order valence-corrected chi connectivity index (χ1v) is 9.29. The van der Waals surface area contributed by atoms with E-state index in [2.05, 4.69) is 15.5 Å². The van der Waals surface area contributed by atoms with Crippen molar-refractivity contribution in [3.05, 3.63) is 47.3 Å². The largest absolute Gasteiger partial charge is 0.323 e. The molecule has 1 N–H and O–H groups in total. The Bertz CT molecular complexity index is 880. The van der Waals surface area contributed by atoms with Crippen LogP contribution in [0.4, 0.5) is 14.5 Å². The Labute approximate surface area is 151 Å². The fourth-order valence-corrected chi connectivity index (χ4v) is 3.70. The Morgan fingerprint density at radius 3 is 2.84 bits per heavy atom. The van der Waals surface area contributed by atoms with Gasteiger partial charge >= 0.3 is 0 Å². The van der Waals surface area contributed by atoms with Crippen LogP contribution in [-0.2, 0) is 11.3 Å². The summed E-state index contributed by atoms with van der Waals surface area (Å²) in [6.45, 7) is 2.63. The van der Waals surface area contributed by atoms with Crippen LogP contribution in [0.15, 0.2) is 40.9 Å². The molecule has 9 heteroatoms. The van der Waals surface area contributed by atoms with E-state index in [0.717, 1.165) is 22.8 Å². The van der Waals surface area contributed by atoms with E-state index in [1.54, 1.807) is 11.3 Å². The third-order valence-corrected chi connectivity index (χ3v) is 5.14. The van der Waals surface area contributed by atoms with E-state index >= 15 is 0 Å². The summed E-state index contributed by atoms with van der Waals surface area (Å²) in [6.07, 6.45) is 0. The van der Waals surface area contributed by atoms with Gasteiger partial charge in [-0.1, -0.05) is 17.8 Å². The normalized spacial score (nSPS) is 10.8. The molecule has 0 aliphatic heterocycles. The van der Waals surface area contributed by atoms with E-state index in [-0.39, 0.29) is 11.4 Å². The van der Waals surface area contributed by atoms with Crippen LogP contribution in [0.3, 0.4) is 0 Å². The highest BCUT2D eigenvalue weighted by Crippen LogP contribution is 2.27. The maximum atomic E-state index is 13.6. The number of hydrogen-bond donors (Lipinski definition) is 1. The zero-order valence-corrected chi connectivity index (χ0v) is 14.8. The second-order valence-electron chi connectivity index (χ2n) is 4.99. The van der Waals surface area contributed by atoms with E-state index in [1.807, 2.05) is 29.0 Å². The van der Waals surface area contributed by atoms with Gasteiger partial charge in [-0.25, -0.2) is 8.78 Å². The summed E-state index contributed by atoms with van der Waals surface area (Å²) in [7, 11) is 0. The molecule has 3 aromatic rings. The number of aromatic nitrogens is 3. The van der Waals surface area contributed by atoms with Crippen LogP contribution < -0.4 is 5.32 Å². The molecule has 0 aliphatic rings. The summed E-state index contributed by atoms with van der Waals surface area (Å²) >= 11 is 2.78. The SMILES string of the molecule is CCn1c(SCC(=O)Nc2ccc(F)cc2F)nnc1-c1cccs1. The quantitative estimate of drug-likeness (QED) is 0.656. The lowest BCUT2D eigenvalue weighted by molar-refractivity contribution is -0.113. The minimum absolute atomic E-state index is 0.0411. The number of nitrogens with one attached hydrogen (secondary N) is 1. The van der Waals surface area contributed by atoms with Gasteiger partial charge in [0.15, 0.2) is 11.0 Å². The molecule has 0 aliphatic carbocycles. The Balaban J connectivity index is 1.66. The van der Waals surface area contributed by atoms with Crippen LogP contribution in [0.5, 0.6) is 0 Å². The van der Waals surface area contributed by atoms with Gasteiger partial charge < -0.3 is 9.88 Å². The number of anilines is 1. The fourth-order valence-electron chi connectivity index (χ4n) is 2.18. The van der Waals surface area contributed by atoms with E-state index in [4.69, 9.17) is 0 Å². The summed E-state index contributed by atoms with van der Waals surface area (Å²) in [5.74, 6) is -1.11. The summed E-state index contributed by atoms with van der Waals surface area (Å²) in [4.78, 5) is 13.0. The predicted octanol–water partition coefficient (Wildman–Crippen LogP) is 4.04. The molecule has 0 radical (unpaired) electrons. The van der Waals surface area contributed by atoms with Crippen LogP contribution in [0.1, 0.15) is 6.92 Å². The molecular formula is C16H14F2N4OS2. The van der Waals surface area contributed by atoms with Crippen LogP contribution in [-0.4, -0.2) is 26.4 Å². The molecule has 0 fully saturated rings.